The number of Topliss-reactive ketones (excluding diaryl/α,β-unsaturated/α-hetero) is 1. The molecule has 0 N–H and O–H groups in total. The van der Waals surface area contributed by atoms with Gasteiger partial charge in [0.25, 0.3) is 8.32 Å². The summed E-state index contributed by atoms with van der Waals surface area (Å²) in [7, 11) is -1.97. The van der Waals surface area contributed by atoms with Crippen molar-refractivity contribution in [3.05, 3.63) is 11.8 Å². The molecule has 25 heavy (non-hydrogen) atoms. The molecule has 0 radical (unpaired) electrons. The molecule has 1 aliphatic carbocycles. The second kappa shape index (κ2) is 9.02. The van der Waals surface area contributed by atoms with Gasteiger partial charge in [-0.2, -0.15) is 0 Å². The van der Waals surface area contributed by atoms with Gasteiger partial charge >= 0.3 is 5.97 Å². The number of carbonyl (C=O) groups is 2. The normalized spacial score (nSPS) is 21.5. The van der Waals surface area contributed by atoms with Crippen molar-refractivity contribution in [3.63, 3.8) is 0 Å². The highest BCUT2D eigenvalue weighted by Crippen LogP contribution is 2.45. The molecule has 5 heteroatoms. The summed E-state index contributed by atoms with van der Waals surface area (Å²) in [6.07, 6.45) is 3.45. The minimum Gasteiger partial charge on any atom is -0.546 e. The van der Waals surface area contributed by atoms with Crippen molar-refractivity contribution in [1.29, 1.82) is 0 Å². The van der Waals surface area contributed by atoms with Gasteiger partial charge < -0.3 is 9.16 Å². The number of hydrogen-bond donors (Lipinski definition) is 0. The van der Waals surface area contributed by atoms with E-state index in [9.17, 15) is 9.59 Å². The molecular formula is C20H36O4Si. The van der Waals surface area contributed by atoms with Crippen LogP contribution in [0.25, 0.3) is 0 Å². The van der Waals surface area contributed by atoms with E-state index in [2.05, 4.69) is 47.6 Å². The summed E-state index contributed by atoms with van der Waals surface area (Å²) in [4.78, 5) is 24.0. The third-order valence-corrected chi connectivity index (χ3v) is 11.6. The van der Waals surface area contributed by atoms with E-state index in [1.54, 1.807) is 6.92 Å². The van der Waals surface area contributed by atoms with Gasteiger partial charge in [-0.1, -0.05) is 48.5 Å². The standard InChI is InChI=1S/C20H36O4Si/c1-9-23-20(22)19(21)18-11-10-17(12-16(18)8)24-25(13(2)3,14(4)5)15(6)7/h12-16,18H,9-11H2,1-8H3/t16-,18-/m1/s1. The minimum atomic E-state index is -1.97. The number of allylic oxidation sites excluding steroid dienone is 2. The number of ether oxygens (including phenoxy) is 1. The first-order valence-corrected chi connectivity index (χ1v) is 11.8. The van der Waals surface area contributed by atoms with Gasteiger partial charge in [-0.25, -0.2) is 4.79 Å². The molecule has 0 fully saturated rings. The molecule has 0 aromatic carbocycles. The Bertz CT molecular complexity index is 486. The predicted molar refractivity (Wildman–Crippen MR) is 104 cm³/mol. The minimum absolute atomic E-state index is 0.00107. The lowest BCUT2D eigenvalue weighted by atomic mass is 9.81. The molecule has 0 bridgehead atoms. The molecule has 0 heterocycles. The zero-order valence-corrected chi connectivity index (χ0v) is 18.2. The zero-order chi connectivity index (χ0) is 19.4. The molecule has 0 aliphatic heterocycles. The second-order valence-corrected chi connectivity index (χ2v) is 13.5. The van der Waals surface area contributed by atoms with Crippen molar-refractivity contribution in [2.45, 2.75) is 84.9 Å². The largest absolute Gasteiger partial charge is 0.546 e. The van der Waals surface area contributed by atoms with Gasteiger partial charge in [-0.15, -0.1) is 0 Å². The summed E-state index contributed by atoms with van der Waals surface area (Å²) >= 11 is 0. The molecule has 2 atom stereocenters. The van der Waals surface area contributed by atoms with Gasteiger partial charge in [-0.3, -0.25) is 4.79 Å². The van der Waals surface area contributed by atoms with Crippen LogP contribution < -0.4 is 0 Å². The zero-order valence-electron chi connectivity index (χ0n) is 17.2. The summed E-state index contributed by atoms with van der Waals surface area (Å²) in [6, 6.07) is 0. The van der Waals surface area contributed by atoms with Crippen molar-refractivity contribution >= 4 is 20.1 Å². The van der Waals surface area contributed by atoms with Crippen LogP contribution in [0.1, 0.15) is 68.2 Å². The summed E-state index contributed by atoms with van der Waals surface area (Å²) < 4.78 is 11.6. The predicted octanol–water partition coefficient (Wildman–Crippen LogP) is 5.24. The van der Waals surface area contributed by atoms with Crippen LogP contribution in [0.4, 0.5) is 0 Å². The van der Waals surface area contributed by atoms with Gasteiger partial charge in [0.2, 0.25) is 5.78 Å². The van der Waals surface area contributed by atoms with E-state index in [0.717, 1.165) is 12.2 Å². The van der Waals surface area contributed by atoms with Crippen molar-refractivity contribution in [3.8, 4) is 0 Å². The molecule has 0 aromatic heterocycles. The number of esters is 1. The van der Waals surface area contributed by atoms with Crippen molar-refractivity contribution in [1.82, 2.24) is 0 Å². The third-order valence-electron chi connectivity index (χ3n) is 5.61. The Hall–Kier alpha value is -1.10. The quantitative estimate of drug-likeness (QED) is 0.334. The maximum absolute atomic E-state index is 12.3. The van der Waals surface area contributed by atoms with Gasteiger partial charge in [0.1, 0.15) is 0 Å². The first kappa shape index (κ1) is 21.9. The molecule has 4 nitrogen and oxygen atoms in total. The molecule has 0 amide bonds. The SMILES string of the molecule is CCOC(=O)C(=O)[C@@H]1CCC(O[Si](C(C)C)(C(C)C)C(C)C)=C[C@H]1C. The summed E-state index contributed by atoms with van der Waals surface area (Å²) in [5.41, 5.74) is 1.55. The maximum atomic E-state index is 12.3. The Labute approximate surface area is 154 Å². The average molecular weight is 369 g/mol. The average Bonchev–Trinajstić information content (AvgIpc) is 2.51. The van der Waals surface area contributed by atoms with Crippen LogP contribution in [0.5, 0.6) is 0 Å². The van der Waals surface area contributed by atoms with Crippen LogP contribution in [0.3, 0.4) is 0 Å². The Morgan fingerprint density at radius 2 is 1.64 bits per heavy atom. The Kier molecular flexibility index (Phi) is 7.91. The third kappa shape index (κ3) is 4.75. The fourth-order valence-electron chi connectivity index (χ4n) is 4.44. The van der Waals surface area contributed by atoms with Gasteiger partial charge in [0, 0.05) is 12.3 Å². The lowest BCUT2D eigenvalue weighted by Crippen LogP contribution is -2.48. The van der Waals surface area contributed by atoms with Crippen LogP contribution >= 0.6 is 0 Å². The first-order valence-electron chi connectivity index (χ1n) is 9.68. The highest BCUT2D eigenvalue weighted by Gasteiger charge is 2.47. The molecule has 0 spiro atoms. The van der Waals surface area contributed by atoms with Crippen LogP contribution in [-0.4, -0.2) is 26.7 Å². The topological polar surface area (TPSA) is 52.6 Å². The number of rotatable bonds is 8. The highest BCUT2D eigenvalue weighted by molar-refractivity contribution is 6.77. The van der Waals surface area contributed by atoms with E-state index in [1.165, 1.54) is 0 Å². The lowest BCUT2D eigenvalue weighted by molar-refractivity contribution is -0.156. The van der Waals surface area contributed by atoms with Crippen molar-refractivity contribution < 1.29 is 18.8 Å². The summed E-state index contributed by atoms with van der Waals surface area (Å²) in [5, 5.41) is 0. The van der Waals surface area contributed by atoms with E-state index in [-0.39, 0.29) is 18.4 Å². The van der Waals surface area contributed by atoms with Gasteiger partial charge in [0.05, 0.1) is 12.4 Å². The van der Waals surface area contributed by atoms with Crippen molar-refractivity contribution in [2.24, 2.45) is 11.8 Å². The molecular weight excluding hydrogens is 332 g/mol. The van der Waals surface area contributed by atoms with Crippen molar-refractivity contribution in [2.75, 3.05) is 6.61 Å². The highest BCUT2D eigenvalue weighted by atomic mass is 28.4. The monoisotopic (exact) mass is 368 g/mol. The van der Waals surface area contributed by atoms with Crippen LogP contribution in [-0.2, 0) is 18.8 Å². The molecule has 1 aliphatic rings. The molecule has 0 saturated carbocycles. The second-order valence-electron chi connectivity index (χ2n) is 8.14. The molecule has 0 unspecified atom stereocenters. The van der Waals surface area contributed by atoms with E-state index >= 15 is 0 Å². The molecule has 0 aromatic rings. The number of carbonyl (C=O) groups excluding carboxylic acids is 2. The molecule has 0 saturated heterocycles. The first-order chi connectivity index (χ1) is 11.6. The Balaban J connectivity index is 2.97. The Morgan fingerprint density at radius 3 is 2.04 bits per heavy atom. The molecule has 144 valence electrons. The van der Waals surface area contributed by atoms with Gasteiger partial charge in [0.15, 0.2) is 0 Å². The van der Waals surface area contributed by atoms with E-state index in [0.29, 0.717) is 23.0 Å². The summed E-state index contributed by atoms with van der Waals surface area (Å²) in [6.45, 7) is 17.6. The van der Waals surface area contributed by atoms with Crippen LogP contribution in [0.15, 0.2) is 11.8 Å². The Morgan fingerprint density at radius 1 is 1.12 bits per heavy atom. The van der Waals surface area contributed by atoms with E-state index in [4.69, 9.17) is 9.16 Å². The van der Waals surface area contributed by atoms with E-state index in [1.807, 2.05) is 6.92 Å². The van der Waals surface area contributed by atoms with E-state index < -0.39 is 20.1 Å². The van der Waals surface area contributed by atoms with Crippen LogP contribution in [0.2, 0.25) is 16.6 Å². The van der Waals surface area contributed by atoms with Crippen LogP contribution in [0, 0.1) is 11.8 Å². The number of ketones is 1. The number of hydrogen-bond acceptors (Lipinski definition) is 4. The van der Waals surface area contributed by atoms with Gasteiger partial charge in [-0.05, 0) is 42.0 Å². The summed E-state index contributed by atoms with van der Waals surface area (Å²) in [5.74, 6) is -0.376. The maximum Gasteiger partial charge on any atom is 0.374 e. The lowest BCUT2D eigenvalue weighted by Gasteiger charge is -2.44. The molecule has 1 rings (SSSR count). The fourth-order valence-corrected chi connectivity index (χ4v) is 9.77. The fraction of sp³-hybridized carbons (Fsp3) is 0.800. The smallest absolute Gasteiger partial charge is 0.374 e.